The molecule has 4 rings (SSSR count). The molecular formula is C26H29N3O3S. The highest BCUT2D eigenvalue weighted by atomic mass is 32.2. The Labute approximate surface area is 199 Å². The average Bonchev–Trinajstić information content (AvgIpc) is 3.01. The fraction of sp³-hybridized carbons (Fsp3) is 0.346. The molecule has 1 N–H and O–H groups in total. The maximum atomic E-state index is 12.9. The van der Waals surface area contributed by atoms with Crippen LogP contribution in [0.1, 0.15) is 49.8 Å². The van der Waals surface area contributed by atoms with E-state index in [1.165, 1.54) is 11.3 Å². The van der Waals surface area contributed by atoms with Crippen molar-refractivity contribution in [2.24, 2.45) is 0 Å². The van der Waals surface area contributed by atoms with Gasteiger partial charge in [-0.1, -0.05) is 30.7 Å². The van der Waals surface area contributed by atoms with Gasteiger partial charge in [-0.3, -0.25) is 19.3 Å². The van der Waals surface area contributed by atoms with Crippen molar-refractivity contribution in [1.29, 1.82) is 0 Å². The monoisotopic (exact) mass is 463 g/mol. The normalized spacial score (nSPS) is 20.9. The molecule has 6 nitrogen and oxygen atoms in total. The number of fused-ring (bicyclic) bond motifs is 1. The Morgan fingerprint density at radius 2 is 1.88 bits per heavy atom. The second-order valence-corrected chi connectivity index (χ2v) is 10.5. The SMILES string of the molecule is Cc1ccc(NC(=O)CN2C(=O)S/C(=C/c3ccc4c(c3)C(C)CC(C)(C)N4C)C2=O)cc1. The van der Waals surface area contributed by atoms with Crippen LogP contribution in [0.25, 0.3) is 6.08 Å². The largest absolute Gasteiger partial charge is 0.369 e. The maximum Gasteiger partial charge on any atom is 0.294 e. The lowest BCUT2D eigenvalue weighted by Gasteiger charge is -2.45. The van der Waals surface area contributed by atoms with E-state index in [0.29, 0.717) is 16.5 Å². The van der Waals surface area contributed by atoms with Crippen LogP contribution >= 0.6 is 11.8 Å². The molecule has 1 fully saturated rings. The highest BCUT2D eigenvalue weighted by molar-refractivity contribution is 8.18. The molecule has 2 aliphatic rings. The van der Waals surface area contributed by atoms with Gasteiger partial charge in [-0.2, -0.15) is 0 Å². The van der Waals surface area contributed by atoms with E-state index in [4.69, 9.17) is 0 Å². The Kier molecular flexibility index (Phi) is 6.10. The number of rotatable bonds is 4. The summed E-state index contributed by atoms with van der Waals surface area (Å²) in [5.41, 5.74) is 5.10. The minimum Gasteiger partial charge on any atom is -0.369 e. The first-order chi connectivity index (χ1) is 15.5. The van der Waals surface area contributed by atoms with Gasteiger partial charge in [0.05, 0.1) is 4.91 Å². The molecule has 3 amide bonds. The predicted molar refractivity (Wildman–Crippen MR) is 134 cm³/mol. The first kappa shape index (κ1) is 23.1. The zero-order valence-corrected chi connectivity index (χ0v) is 20.5. The summed E-state index contributed by atoms with van der Waals surface area (Å²) in [5.74, 6) is -0.455. The van der Waals surface area contributed by atoms with E-state index >= 15 is 0 Å². The summed E-state index contributed by atoms with van der Waals surface area (Å²) in [6, 6.07) is 13.5. The lowest BCUT2D eigenvalue weighted by molar-refractivity contribution is -0.127. The van der Waals surface area contributed by atoms with E-state index in [1.54, 1.807) is 18.2 Å². The number of hydrogen-bond donors (Lipinski definition) is 1. The lowest BCUT2D eigenvalue weighted by Crippen LogP contribution is -2.45. The molecule has 7 heteroatoms. The second-order valence-electron chi connectivity index (χ2n) is 9.48. The molecule has 0 spiro atoms. The fourth-order valence-electron chi connectivity index (χ4n) is 4.45. The van der Waals surface area contributed by atoms with Crippen LogP contribution in [0.2, 0.25) is 0 Å². The Morgan fingerprint density at radius 1 is 1.18 bits per heavy atom. The van der Waals surface area contributed by atoms with Crippen molar-refractivity contribution >= 4 is 46.3 Å². The molecule has 2 heterocycles. The van der Waals surface area contributed by atoms with Gasteiger partial charge in [0.2, 0.25) is 5.91 Å². The molecule has 0 radical (unpaired) electrons. The number of nitrogens with zero attached hydrogens (tertiary/aromatic N) is 2. The molecule has 1 unspecified atom stereocenters. The van der Waals surface area contributed by atoms with E-state index in [0.717, 1.165) is 34.2 Å². The summed E-state index contributed by atoms with van der Waals surface area (Å²) in [5, 5.41) is 2.30. The highest BCUT2D eigenvalue weighted by Gasteiger charge is 2.37. The molecule has 1 saturated heterocycles. The zero-order valence-electron chi connectivity index (χ0n) is 19.6. The van der Waals surface area contributed by atoms with Crippen LogP contribution < -0.4 is 10.2 Å². The number of thioether (sulfide) groups is 1. The second kappa shape index (κ2) is 8.71. The van der Waals surface area contributed by atoms with Gasteiger partial charge in [-0.25, -0.2) is 0 Å². The number of amides is 3. The first-order valence-electron chi connectivity index (χ1n) is 11.0. The molecular weight excluding hydrogens is 434 g/mol. The summed E-state index contributed by atoms with van der Waals surface area (Å²) in [6.07, 6.45) is 2.78. The number of nitrogens with one attached hydrogen (secondary N) is 1. The Hall–Kier alpha value is -3.06. The van der Waals surface area contributed by atoms with Gasteiger partial charge in [-0.05, 0) is 86.3 Å². The third-order valence-corrected chi connectivity index (χ3v) is 7.37. The maximum absolute atomic E-state index is 12.9. The lowest BCUT2D eigenvalue weighted by atomic mass is 9.80. The fourth-order valence-corrected chi connectivity index (χ4v) is 5.29. The van der Waals surface area contributed by atoms with Crippen LogP contribution in [0.15, 0.2) is 47.4 Å². The van der Waals surface area contributed by atoms with Crippen LogP contribution in [-0.4, -0.2) is 41.1 Å². The molecule has 2 aromatic rings. The standard InChI is InChI=1S/C26H29N3O3S/c1-16-6-9-19(10-7-16)27-23(30)15-29-24(31)22(33-25(29)32)13-18-8-11-21-20(12-18)17(2)14-26(3,4)28(21)5/h6-13,17H,14-15H2,1-5H3,(H,27,30)/b22-13+. The Morgan fingerprint density at radius 3 is 2.58 bits per heavy atom. The number of carbonyl (C=O) groups is 3. The summed E-state index contributed by atoms with van der Waals surface area (Å²) >= 11 is 0.873. The van der Waals surface area contributed by atoms with Crippen molar-refractivity contribution in [3.8, 4) is 0 Å². The number of carbonyl (C=O) groups excluding carboxylic acids is 3. The van der Waals surface area contributed by atoms with Crippen molar-refractivity contribution < 1.29 is 14.4 Å². The van der Waals surface area contributed by atoms with Gasteiger partial charge >= 0.3 is 0 Å². The number of aryl methyl sites for hydroxylation is 1. The smallest absolute Gasteiger partial charge is 0.294 e. The Balaban J connectivity index is 1.49. The van der Waals surface area contributed by atoms with E-state index in [1.807, 2.05) is 25.1 Å². The molecule has 33 heavy (non-hydrogen) atoms. The number of hydrogen-bond acceptors (Lipinski definition) is 5. The quantitative estimate of drug-likeness (QED) is 0.616. The first-order valence-corrected chi connectivity index (χ1v) is 11.9. The summed E-state index contributed by atoms with van der Waals surface area (Å²) in [4.78, 5) is 41.4. The van der Waals surface area contributed by atoms with Crippen molar-refractivity contribution in [3.05, 3.63) is 64.1 Å². The van der Waals surface area contributed by atoms with Crippen molar-refractivity contribution in [2.75, 3.05) is 23.8 Å². The molecule has 2 aromatic carbocycles. The molecule has 0 bridgehead atoms. The van der Waals surface area contributed by atoms with Gasteiger partial charge in [0, 0.05) is 24.0 Å². The van der Waals surface area contributed by atoms with Crippen molar-refractivity contribution in [3.63, 3.8) is 0 Å². The van der Waals surface area contributed by atoms with Crippen LogP contribution in [0, 0.1) is 6.92 Å². The van der Waals surface area contributed by atoms with Crippen LogP contribution in [0.3, 0.4) is 0 Å². The van der Waals surface area contributed by atoms with E-state index in [2.05, 4.69) is 50.2 Å². The van der Waals surface area contributed by atoms with Gasteiger partial charge in [-0.15, -0.1) is 0 Å². The predicted octanol–water partition coefficient (Wildman–Crippen LogP) is 5.39. The summed E-state index contributed by atoms with van der Waals surface area (Å²) < 4.78 is 0. The zero-order chi connectivity index (χ0) is 23.9. The molecule has 1 atom stereocenters. The molecule has 172 valence electrons. The average molecular weight is 464 g/mol. The molecule has 0 aromatic heterocycles. The summed E-state index contributed by atoms with van der Waals surface area (Å²) in [6.45, 7) is 8.35. The molecule has 2 aliphatic heterocycles. The van der Waals surface area contributed by atoms with Gasteiger partial charge in [0.25, 0.3) is 11.1 Å². The van der Waals surface area contributed by atoms with Crippen molar-refractivity contribution in [1.82, 2.24) is 4.90 Å². The number of benzene rings is 2. The molecule has 0 saturated carbocycles. The minimum absolute atomic E-state index is 0.0791. The van der Waals surface area contributed by atoms with Crippen molar-refractivity contribution in [2.45, 2.75) is 45.6 Å². The van der Waals surface area contributed by atoms with E-state index in [-0.39, 0.29) is 12.1 Å². The van der Waals surface area contributed by atoms with E-state index in [9.17, 15) is 14.4 Å². The third-order valence-electron chi connectivity index (χ3n) is 6.47. The van der Waals surface area contributed by atoms with Gasteiger partial charge in [0.1, 0.15) is 6.54 Å². The molecule has 0 aliphatic carbocycles. The van der Waals surface area contributed by atoms with E-state index < -0.39 is 17.1 Å². The van der Waals surface area contributed by atoms with Crippen LogP contribution in [0.4, 0.5) is 16.2 Å². The summed E-state index contributed by atoms with van der Waals surface area (Å²) in [7, 11) is 2.11. The van der Waals surface area contributed by atoms with Gasteiger partial charge < -0.3 is 10.2 Å². The topological polar surface area (TPSA) is 69.7 Å². The Bertz CT molecular complexity index is 1150. The minimum atomic E-state index is -0.437. The number of imide groups is 1. The highest BCUT2D eigenvalue weighted by Crippen LogP contribution is 2.43. The van der Waals surface area contributed by atoms with Crippen LogP contribution in [-0.2, 0) is 9.59 Å². The van der Waals surface area contributed by atoms with Gasteiger partial charge in [0.15, 0.2) is 0 Å². The van der Waals surface area contributed by atoms with Crippen LogP contribution in [0.5, 0.6) is 0 Å². The third kappa shape index (κ3) is 4.69. The number of anilines is 2.